The molecule has 0 bridgehead atoms. The van der Waals surface area contributed by atoms with Crippen molar-refractivity contribution in [1.29, 1.82) is 0 Å². The molecule has 1 amide bonds. The first-order valence-corrected chi connectivity index (χ1v) is 6.63. The molecule has 1 aromatic rings. The Morgan fingerprint density at radius 1 is 1.50 bits per heavy atom. The van der Waals surface area contributed by atoms with E-state index in [4.69, 9.17) is 0 Å². The molecule has 1 saturated heterocycles. The van der Waals surface area contributed by atoms with E-state index >= 15 is 0 Å². The van der Waals surface area contributed by atoms with Crippen LogP contribution in [0.4, 0.5) is 5.82 Å². The van der Waals surface area contributed by atoms with Crippen molar-refractivity contribution < 1.29 is 4.79 Å². The fourth-order valence-electron chi connectivity index (χ4n) is 2.66. The van der Waals surface area contributed by atoms with Gasteiger partial charge in [-0.05, 0) is 38.3 Å². The van der Waals surface area contributed by atoms with Crippen LogP contribution in [0.15, 0.2) is 18.3 Å². The Labute approximate surface area is 108 Å². The van der Waals surface area contributed by atoms with Gasteiger partial charge in [0.1, 0.15) is 5.82 Å². The summed E-state index contributed by atoms with van der Waals surface area (Å²) >= 11 is 0. The second kappa shape index (κ2) is 5.38. The predicted molar refractivity (Wildman–Crippen MR) is 72.7 cm³/mol. The number of carbonyl (C=O) groups is 1. The molecule has 2 unspecified atom stereocenters. The maximum atomic E-state index is 12.5. The topological polar surface area (TPSA) is 45.2 Å². The lowest BCUT2D eigenvalue weighted by Gasteiger charge is -2.28. The van der Waals surface area contributed by atoms with E-state index in [-0.39, 0.29) is 5.91 Å². The van der Waals surface area contributed by atoms with Crippen LogP contribution in [-0.2, 0) is 0 Å². The monoisotopic (exact) mass is 247 g/mol. The number of rotatable bonds is 3. The van der Waals surface area contributed by atoms with Gasteiger partial charge in [-0.15, -0.1) is 0 Å². The van der Waals surface area contributed by atoms with E-state index < -0.39 is 0 Å². The molecule has 1 aromatic heterocycles. The van der Waals surface area contributed by atoms with Crippen LogP contribution >= 0.6 is 0 Å². The highest BCUT2D eigenvalue weighted by molar-refractivity contribution is 5.94. The van der Waals surface area contributed by atoms with Gasteiger partial charge in [-0.3, -0.25) is 4.79 Å². The molecule has 98 valence electrons. The molecule has 1 aliphatic rings. The average molecular weight is 247 g/mol. The Hall–Kier alpha value is -1.58. The Morgan fingerprint density at radius 2 is 2.28 bits per heavy atom. The summed E-state index contributed by atoms with van der Waals surface area (Å²) in [5.74, 6) is 0.898. The van der Waals surface area contributed by atoms with Crippen LogP contribution in [0.25, 0.3) is 0 Å². The van der Waals surface area contributed by atoms with Gasteiger partial charge in [0.05, 0.1) is 5.56 Å². The van der Waals surface area contributed by atoms with Gasteiger partial charge in [0.25, 0.3) is 5.91 Å². The van der Waals surface area contributed by atoms with E-state index in [2.05, 4.69) is 24.1 Å². The van der Waals surface area contributed by atoms with Gasteiger partial charge in [0.15, 0.2) is 0 Å². The smallest absolute Gasteiger partial charge is 0.255 e. The van der Waals surface area contributed by atoms with Gasteiger partial charge in [-0.2, -0.15) is 0 Å². The number of hydrogen-bond donors (Lipinski definition) is 1. The lowest BCUT2D eigenvalue weighted by Crippen LogP contribution is -2.39. The third-order valence-corrected chi connectivity index (χ3v) is 3.76. The highest BCUT2D eigenvalue weighted by Gasteiger charge is 2.33. The Bertz CT molecular complexity index is 416. The fraction of sp³-hybridized carbons (Fsp3) is 0.571. The summed E-state index contributed by atoms with van der Waals surface area (Å²) < 4.78 is 0. The highest BCUT2D eigenvalue weighted by Crippen LogP contribution is 2.27. The van der Waals surface area contributed by atoms with Crippen molar-refractivity contribution in [3.63, 3.8) is 0 Å². The molecule has 1 fully saturated rings. The van der Waals surface area contributed by atoms with Crippen LogP contribution in [0.3, 0.4) is 0 Å². The van der Waals surface area contributed by atoms with Crippen molar-refractivity contribution in [2.75, 3.05) is 12.4 Å². The van der Waals surface area contributed by atoms with Crippen molar-refractivity contribution in [3.05, 3.63) is 23.9 Å². The standard InChI is InChI=1S/C14H21N3O/c1-4-12-7-5-10(2)17(12)14(18)11-6-8-13(15-3)16-9-11/h6,8-10,12H,4-5,7H2,1-3H3,(H,15,16). The number of hydrogen-bond acceptors (Lipinski definition) is 3. The molecule has 0 spiro atoms. The number of aromatic nitrogens is 1. The Balaban J connectivity index is 2.18. The number of likely N-dealkylation sites (tertiary alicyclic amines) is 1. The van der Waals surface area contributed by atoms with Gasteiger partial charge >= 0.3 is 0 Å². The summed E-state index contributed by atoms with van der Waals surface area (Å²) in [4.78, 5) is 18.7. The number of nitrogens with one attached hydrogen (secondary N) is 1. The molecule has 2 atom stereocenters. The van der Waals surface area contributed by atoms with Gasteiger partial charge in [0.2, 0.25) is 0 Å². The quantitative estimate of drug-likeness (QED) is 0.892. The molecule has 0 radical (unpaired) electrons. The summed E-state index contributed by atoms with van der Waals surface area (Å²) in [7, 11) is 1.82. The third kappa shape index (κ3) is 2.33. The van der Waals surface area contributed by atoms with E-state index in [9.17, 15) is 4.79 Å². The SMILES string of the molecule is CCC1CCC(C)N1C(=O)c1ccc(NC)nc1. The summed E-state index contributed by atoms with van der Waals surface area (Å²) in [6.07, 6.45) is 4.90. The van der Waals surface area contributed by atoms with Gasteiger partial charge < -0.3 is 10.2 Å². The predicted octanol–water partition coefficient (Wildman–Crippen LogP) is 2.53. The van der Waals surface area contributed by atoms with Crippen molar-refractivity contribution in [1.82, 2.24) is 9.88 Å². The molecular weight excluding hydrogens is 226 g/mol. The minimum absolute atomic E-state index is 0.113. The molecule has 2 rings (SSSR count). The van der Waals surface area contributed by atoms with Crippen LogP contribution in [0.5, 0.6) is 0 Å². The zero-order chi connectivity index (χ0) is 13.1. The summed E-state index contributed by atoms with van der Waals surface area (Å²) in [6.45, 7) is 4.27. The summed E-state index contributed by atoms with van der Waals surface area (Å²) in [6, 6.07) is 4.41. The zero-order valence-electron chi connectivity index (χ0n) is 11.3. The van der Waals surface area contributed by atoms with Crippen molar-refractivity contribution >= 4 is 11.7 Å². The van der Waals surface area contributed by atoms with Crippen LogP contribution in [0.2, 0.25) is 0 Å². The first kappa shape index (κ1) is 12.9. The molecule has 2 heterocycles. The van der Waals surface area contributed by atoms with Crippen LogP contribution in [0.1, 0.15) is 43.5 Å². The maximum Gasteiger partial charge on any atom is 0.255 e. The van der Waals surface area contributed by atoms with Gasteiger partial charge in [-0.1, -0.05) is 6.92 Å². The number of nitrogens with zero attached hydrogens (tertiary/aromatic N) is 2. The van der Waals surface area contributed by atoms with E-state index in [0.29, 0.717) is 17.6 Å². The van der Waals surface area contributed by atoms with Gasteiger partial charge in [-0.25, -0.2) is 4.98 Å². The largest absolute Gasteiger partial charge is 0.373 e. The van der Waals surface area contributed by atoms with Crippen molar-refractivity contribution in [2.45, 2.75) is 45.2 Å². The first-order valence-electron chi connectivity index (χ1n) is 6.63. The van der Waals surface area contributed by atoms with E-state index in [1.54, 1.807) is 6.20 Å². The molecule has 4 heteroatoms. The minimum atomic E-state index is 0.113. The molecule has 18 heavy (non-hydrogen) atoms. The Morgan fingerprint density at radius 3 is 2.83 bits per heavy atom. The number of carbonyl (C=O) groups excluding carboxylic acids is 1. The minimum Gasteiger partial charge on any atom is -0.373 e. The van der Waals surface area contributed by atoms with E-state index in [1.807, 2.05) is 24.1 Å². The van der Waals surface area contributed by atoms with E-state index in [0.717, 1.165) is 25.1 Å². The fourth-order valence-corrected chi connectivity index (χ4v) is 2.66. The molecule has 1 N–H and O–H groups in total. The normalized spacial score (nSPS) is 23.2. The second-order valence-electron chi connectivity index (χ2n) is 4.88. The number of anilines is 1. The molecule has 1 aliphatic heterocycles. The summed E-state index contributed by atoms with van der Waals surface area (Å²) in [5, 5.41) is 2.96. The molecule has 0 aromatic carbocycles. The second-order valence-corrected chi connectivity index (χ2v) is 4.88. The zero-order valence-corrected chi connectivity index (χ0v) is 11.3. The van der Waals surface area contributed by atoms with Gasteiger partial charge in [0, 0.05) is 25.3 Å². The lowest BCUT2D eigenvalue weighted by molar-refractivity contribution is 0.0676. The molecule has 0 saturated carbocycles. The van der Waals surface area contributed by atoms with Crippen molar-refractivity contribution in [3.8, 4) is 0 Å². The molecular formula is C14H21N3O. The molecule has 4 nitrogen and oxygen atoms in total. The average Bonchev–Trinajstić information content (AvgIpc) is 2.79. The highest BCUT2D eigenvalue weighted by atomic mass is 16.2. The lowest BCUT2D eigenvalue weighted by atomic mass is 10.1. The third-order valence-electron chi connectivity index (χ3n) is 3.76. The van der Waals surface area contributed by atoms with Crippen LogP contribution in [-0.4, -0.2) is 34.9 Å². The number of pyridine rings is 1. The van der Waals surface area contributed by atoms with E-state index in [1.165, 1.54) is 0 Å². The van der Waals surface area contributed by atoms with Crippen LogP contribution in [0, 0.1) is 0 Å². The Kier molecular flexibility index (Phi) is 3.84. The maximum absolute atomic E-state index is 12.5. The van der Waals surface area contributed by atoms with Crippen molar-refractivity contribution in [2.24, 2.45) is 0 Å². The number of amides is 1. The first-order chi connectivity index (χ1) is 8.67. The molecule has 0 aliphatic carbocycles. The summed E-state index contributed by atoms with van der Waals surface area (Å²) in [5.41, 5.74) is 0.682. The van der Waals surface area contributed by atoms with Crippen LogP contribution < -0.4 is 5.32 Å².